The van der Waals surface area contributed by atoms with E-state index in [4.69, 9.17) is 11.3 Å². The summed E-state index contributed by atoms with van der Waals surface area (Å²) in [5, 5.41) is 0. The first-order chi connectivity index (χ1) is 8.15. The van der Waals surface area contributed by atoms with Gasteiger partial charge in [-0.3, -0.25) is 9.64 Å². The van der Waals surface area contributed by atoms with Gasteiger partial charge in [-0.1, -0.05) is 30.3 Å². The van der Waals surface area contributed by atoms with Crippen molar-refractivity contribution in [2.45, 2.75) is 19.4 Å². The van der Waals surface area contributed by atoms with Gasteiger partial charge < -0.3 is 4.74 Å². The fourth-order valence-electron chi connectivity index (χ4n) is 1.30. The Hall–Kier alpha value is -2.15. The molecular weight excluding hydrogens is 218 g/mol. The number of rotatable bonds is 5. The molecule has 0 N–H and O–H groups in total. The highest BCUT2D eigenvalue weighted by Crippen LogP contribution is 2.02. The van der Waals surface area contributed by atoms with Crippen LogP contribution in [0.3, 0.4) is 0 Å². The number of nitrogens with zero attached hydrogens (tertiary/aromatic N) is 1. The van der Waals surface area contributed by atoms with Crippen LogP contribution < -0.4 is 0 Å². The van der Waals surface area contributed by atoms with E-state index >= 15 is 0 Å². The van der Waals surface area contributed by atoms with Crippen LogP contribution >= 0.6 is 0 Å². The molecule has 0 aromatic heterocycles. The van der Waals surface area contributed by atoms with Gasteiger partial charge in [0.1, 0.15) is 0 Å². The third kappa shape index (κ3) is 4.07. The monoisotopic (exact) mass is 231 g/mol. The summed E-state index contributed by atoms with van der Waals surface area (Å²) in [6.45, 7) is 8.12. The summed E-state index contributed by atoms with van der Waals surface area (Å²) in [4.78, 5) is 25.2. The summed E-state index contributed by atoms with van der Waals surface area (Å²) in [7, 11) is 0. The number of carbonyl (C=O) groups excluding carboxylic acids is 2. The number of hydrogen-bond donors (Lipinski definition) is 0. The number of ketones is 1. The first-order valence-electron chi connectivity index (χ1n) is 5.22. The maximum absolute atomic E-state index is 11.3. The van der Waals surface area contributed by atoms with Crippen molar-refractivity contribution in [2.75, 3.05) is 6.61 Å². The van der Waals surface area contributed by atoms with E-state index in [0.717, 1.165) is 5.56 Å². The Bertz CT molecular complexity index is 434. The highest BCUT2D eigenvalue weighted by molar-refractivity contribution is 6.03. The molecule has 0 aliphatic rings. The Morgan fingerprint density at radius 1 is 1.35 bits per heavy atom. The second-order valence-electron chi connectivity index (χ2n) is 3.55. The Morgan fingerprint density at radius 3 is 2.53 bits per heavy atom. The van der Waals surface area contributed by atoms with Gasteiger partial charge in [-0.15, -0.1) is 0 Å². The van der Waals surface area contributed by atoms with Crippen LogP contribution in [0, 0.1) is 6.57 Å². The summed E-state index contributed by atoms with van der Waals surface area (Å²) >= 11 is 0. The van der Waals surface area contributed by atoms with E-state index in [0.29, 0.717) is 6.42 Å². The van der Waals surface area contributed by atoms with Crippen molar-refractivity contribution in [3.8, 4) is 0 Å². The first-order valence-corrected chi connectivity index (χ1v) is 5.22. The average Bonchev–Trinajstić information content (AvgIpc) is 2.30. The van der Waals surface area contributed by atoms with Crippen LogP contribution in [0.5, 0.6) is 0 Å². The summed E-state index contributed by atoms with van der Waals surface area (Å²) < 4.78 is 4.89. The zero-order chi connectivity index (χ0) is 12.7. The van der Waals surface area contributed by atoms with Gasteiger partial charge in [-0.2, -0.15) is 0 Å². The molecule has 0 fully saturated rings. The number of carbonyl (C=O) groups is 2. The number of benzene rings is 1. The maximum Gasteiger partial charge on any atom is 0.398 e. The second-order valence-corrected chi connectivity index (χ2v) is 3.55. The van der Waals surface area contributed by atoms with Gasteiger partial charge in [-0.25, -0.2) is 11.4 Å². The maximum atomic E-state index is 11.3. The molecule has 1 unspecified atom stereocenters. The van der Waals surface area contributed by atoms with Gasteiger partial charge in [0.25, 0.3) is 0 Å². The lowest BCUT2D eigenvalue weighted by Gasteiger charge is -2.04. The normalized spacial score (nSPS) is 11.3. The highest BCUT2D eigenvalue weighted by Gasteiger charge is 2.30. The van der Waals surface area contributed by atoms with Crippen molar-refractivity contribution < 1.29 is 14.3 Å². The second kappa shape index (κ2) is 6.44. The molecule has 4 heteroatoms. The van der Waals surface area contributed by atoms with Crippen LogP contribution in [0.1, 0.15) is 12.5 Å². The van der Waals surface area contributed by atoms with Crippen LogP contribution in [-0.4, -0.2) is 24.4 Å². The summed E-state index contributed by atoms with van der Waals surface area (Å²) in [6, 6.07) is 8.23. The summed E-state index contributed by atoms with van der Waals surface area (Å²) in [6.07, 6.45) is 0.579. The SMILES string of the molecule is [C-]#[N+]C(C(C)=O)C(=O)OCCc1ccccc1. The molecule has 88 valence electrons. The Labute approximate surface area is 100 Å². The van der Waals surface area contributed by atoms with Crippen molar-refractivity contribution in [3.63, 3.8) is 0 Å². The zero-order valence-corrected chi connectivity index (χ0v) is 9.55. The molecule has 0 spiro atoms. The van der Waals surface area contributed by atoms with Gasteiger partial charge in [0.2, 0.25) is 5.78 Å². The van der Waals surface area contributed by atoms with Crippen LogP contribution in [0.2, 0.25) is 0 Å². The van der Waals surface area contributed by atoms with E-state index in [-0.39, 0.29) is 6.61 Å². The van der Waals surface area contributed by atoms with Crippen LogP contribution in [0.4, 0.5) is 0 Å². The summed E-state index contributed by atoms with van der Waals surface area (Å²) in [5.41, 5.74) is 1.04. The molecule has 0 radical (unpaired) electrons. The molecule has 17 heavy (non-hydrogen) atoms. The molecule has 1 aromatic rings. The smallest absolute Gasteiger partial charge is 0.398 e. The minimum absolute atomic E-state index is 0.183. The van der Waals surface area contributed by atoms with Gasteiger partial charge in [-0.05, 0) is 5.56 Å². The third-order valence-electron chi connectivity index (χ3n) is 2.22. The molecule has 1 aromatic carbocycles. The Kier molecular flexibility index (Phi) is 4.89. The third-order valence-corrected chi connectivity index (χ3v) is 2.22. The van der Waals surface area contributed by atoms with Crippen LogP contribution in [0.25, 0.3) is 4.85 Å². The predicted molar refractivity (Wildman–Crippen MR) is 62.2 cm³/mol. The molecule has 0 saturated heterocycles. The van der Waals surface area contributed by atoms with E-state index in [9.17, 15) is 9.59 Å². The van der Waals surface area contributed by atoms with Gasteiger partial charge in [0.15, 0.2) is 0 Å². The lowest BCUT2D eigenvalue weighted by atomic mass is 10.2. The van der Waals surface area contributed by atoms with Crippen molar-refractivity contribution in [3.05, 3.63) is 47.3 Å². The molecule has 0 saturated carbocycles. The molecule has 1 rings (SSSR count). The van der Waals surface area contributed by atoms with E-state index in [1.54, 1.807) is 0 Å². The molecule has 0 aliphatic heterocycles. The lowest BCUT2D eigenvalue weighted by Crippen LogP contribution is -2.27. The van der Waals surface area contributed by atoms with Crippen LogP contribution in [-0.2, 0) is 20.7 Å². The van der Waals surface area contributed by atoms with Gasteiger partial charge in [0.05, 0.1) is 6.61 Å². The number of hydrogen-bond acceptors (Lipinski definition) is 3. The standard InChI is InChI=1S/C13H13NO3/c1-10(15)12(14-2)13(16)17-9-8-11-6-4-3-5-7-11/h3-7,12H,8-9H2,1H3. The highest BCUT2D eigenvalue weighted by atomic mass is 16.5. The topological polar surface area (TPSA) is 47.7 Å². The Morgan fingerprint density at radius 2 is 2.00 bits per heavy atom. The minimum atomic E-state index is -1.31. The molecular formula is C13H13NO3. The fraction of sp³-hybridized carbons (Fsp3) is 0.308. The van der Waals surface area contributed by atoms with Crippen molar-refractivity contribution in [1.29, 1.82) is 0 Å². The molecule has 0 amide bonds. The zero-order valence-electron chi connectivity index (χ0n) is 9.55. The molecule has 0 aliphatic carbocycles. The molecule has 1 atom stereocenters. The van der Waals surface area contributed by atoms with Crippen molar-refractivity contribution in [2.24, 2.45) is 0 Å². The van der Waals surface area contributed by atoms with Crippen molar-refractivity contribution in [1.82, 2.24) is 0 Å². The number of Topliss-reactive ketones (excluding diaryl/α,β-unsaturated/α-hetero) is 1. The molecule has 0 heterocycles. The molecule has 0 bridgehead atoms. The van der Waals surface area contributed by atoms with E-state index < -0.39 is 17.8 Å². The minimum Gasteiger partial charge on any atom is -0.459 e. The van der Waals surface area contributed by atoms with E-state index in [1.165, 1.54) is 6.92 Å². The lowest BCUT2D eigenvalue weighted by molar-refractivity contribution is -0.146. The Balaban J connectivity index is 2.39. The predicted octanol–water partition coefficient (Wildman–Crippen LogP) is 1.65. The average molecular weight is 231 g/mol. The number of ether oxygens (including phenoxy) is 1. The first kappa shape index (κ1) is 12.9. The van der Waals surface area contributed by atoms with E-state index in [1.807, 2.05) is 30.3 Å². The largest absolute Gasteiger partial charge is 0.459 e. The quantitative estimate of drug-likeness (QED) is 0.440. The fourth-order valence-corrected chi connectivity index (χ4v) is 1.30. The van der Waals surface area contributed by atoms with Gasteiger partial charge in [0, 0.05) is 13.3 Å². The van der Waals surface area contributed by atoms with Gasteiger partial charge >= 0.3 is 12.0 Å². The van der Waals surface area contributed by atoms with Crippen molar-refractivity contribution >= 4 is 11.8 Å². The number of esters is 1. The van der Waals surface area contributed by atoms with Crippen LogP contribution in [0.15, 0.2) is 30.3 Å². The van der Waals surface area contributed by atoms with E-state index in [2.05, 4.69) is 4.85 Å². The summed E-state index contributed by atoms with van der Waals surface area (Å²) in [5.74, 6) is -1.24. The molecule has 4 nitrogen and oxygen atoms in total.